The molecule has 58 heavy (non-hydrogen) atoms. The molecule has 10 rings (SSSR count). The van der Waals surface area contributed by atoms with Crippen LogP contribution in [-0.2, 0) is 5.41 Å². The second kappa shape index (κ2) is 13.6. The zero-order valence-corrected chi connectivity index (χ0v) is 35.2. The van der Waals surface area contributed by atoms with Gasteiger partial charge in [-0.15, -0.1) is 0 Å². The Kier molecular flexibility index (Phi) is 8.44. The van der Waals surface area contributed by atoms with Crippen molar-refractivity contribution in [2.24, 2.45) is 0 Å². The predicted molar refractivity (Wildman–Crippen MR) is 254 cm³/mol. The van der Waals surface area contributed by atoms with Crippen molar-refractivity contribution in [3.8, 4) is 11.1 Å². The maximum atomic E-state index is 2.49. The van der Waals surface area contributed by atoms with Gasteiger partial charge in [0.25, 0.3) is 0 Å². The summed E-state index contributed by atoms with van der Waals surface area (Å²) in [4.78, 5) is 4.87. The molecule has 0 atom stereocenters. The summed E-state index contributed by atoms with van der Waals surface area (Å²) in [7, 11) is -1.67. The Hall–Kier alpha value is -6.42. The van der Waals surface area contributed by atoms with Crippen LogP contribution in [0.1, 0.15) is 30.5 Å². The predicted octanol–water partition coefficient (Wildman–Crippen LogP) is 15.2. The summed E-state index contributed by atoms with van der Waals surface area (Å²) in [6.45, 7) is 14.4. The number of aryl methyl sites for hydroxylation is 1. The van der Waals surface area contributed by atoms with Gasteiger partial charge in [-0.1, -0.05) is 143 Å². The van der Waals surface area contributed by atoms with E-state index in [1.165, 1.54) is 88.1 Å². The number of benzene rings is 9. The highest BCUT2D eigenvalue weighted by Crippen LogP contribution is 2.56. The first-order chi connectivity index (χ1) is 28.1. The van der Waals surface area contributed by atoms with Crippen molar-refractivity contribution < 1.29 is 0 Å². The van der Waals surface area contributed by atoms with Crippen molar-refractivity contribution in [2.75, 3.05) is 9.80 Å². The van der Waals surface area contributed by atoms with Crippen LogP contribution >= 0.6 is 0 Å². The van der Waals surface area contributed by atoms with Gasteiger partial charge < -0.3 is 9.80 Å². The third-order valence-electron chi connectivity index (χ3n) is 12.4. The minimum atomic E-state index is -1.67. The van der Waals surface area contributed by atoms with Gasteiger partial charge in [-0.25, -0.2) is 0 Å². The Morgan fingerprint density at radius 3 is 1.69 bits per heavy atom. The van der Waals surface area contributed by atoms with Gasteiger partial charge in [0, 0.05) is 39.5 Å². The second-order valence-electron chi connectivity index (χ2n) is 17.5. The maximum Gasteiger partial charge on any atom is 0.0803 e. The summed E-state index contributed by atoms with van der Waals surface area (Å²) in [6.07, 6.45) is 0. The number of fused-ring (bicyclic) bond motifs is 9. The highest BCUT2D eigenvalue weighted by Gasteiger charge is 2.39. The van der Waals surface area contributed by atoms with E-state index in [2.05, 4.69) is 232 Å². The number of nitrogens with zero attached hydrogens (tertiary/aromatic N) is 2. The molecule has 2 nitrogen and oxygen atoms in total. The maximum absolute atomic E-state index is 2.49. The Labute approximate surface area is 343 Å². The number of hydrogen-bond donors (Lipinski definition) is 0. The average molecular weight is 765 g/mol. The Balaban J connectivity index is 1.17. The van der Waals surface area contributed by atoms with E-state index in [4.69, 9.17) is 0 Å². The first-order valence-electron chi connectivity index (χ1n) is 20.5. The van der Waals surface area contributed by atoms with E-state index in [1.807, 2.05) is 0 Å². The quantitative estimate of drug-likeness (QED) is 0.118. The summed E-state index contributed by atoms with van der Waals surface area (Å²) in [5.41, 5.74) is 13.6. The van der Waals surface area contributed by atoms with Gasteiger partial charge in [0.05, 0.1) is 8.07 Å². The summed E-state index contributed by atoms with van der Waals surface area (Å²) < 4.78 is 0. The molecule has 9 aromatic carbocycles. The van der Waals surface area contributed by atoms with Crippen molar-refractivity contribution in [3.63, 3.8) is 0 Å². The monoisotopic (exact) mass is 764 g/mol. The van der Waals surface area contributed by atoms with Crippen molar-refractivity contribution in [1.29, 1.82) is 0 Å². The van der Waals surface area contributed by atoms with Crippen LogP contribution in [0.5, 0.6) is 0 Å². The normalized spacial score (nSPS) is 13.1. The molecule has 0 fully saturated rings. The Morgan fingerprint density at radius 2 is 1.00 bits per heavy atom. The molecule has 282 valence electrons. The third-order valence-corrected chi connectivity index (χ3v) is 14.4. The summed E-state index contributed by atoms with van der Waals surface area (Å²) in [5.74, 6) is 0. The average Bonchev–Trinajstić information content (AvgIpc) is 3.47. The molecule has 0 saturated heterocycles. The second-order valence-corrected chi connectivity index (χ2v) is 22.5. The van der Waals surface area contributed by atoms with E-state index >= 15 is 0 Å². The van der Waals surface area contributed by atoms with Crippen LogP contribution < -0.4 is 15.0 Å². The van der Waals surface area contributed by atoms with Gasteiger partial charge in [-0.3, -0.25) is 0 Å². The van der Waals surface area contributed by atoms with Crippen molar-refractivity contribution >= 4 is 79.7 Å². The van der Waals surface area contributed by atoms with Crippen LogP contribution in [0.3, 0.4) is 0 Å². The molecular weight excluding hydrogens is 717 g/mol. The summed E-state index contributed by atoms with van der Waals surface area (Å²) in [5, 5.41) is 9.18. The molecule has 0 radical (unpaired) electrons. The Bertz CT molecular complexity index is 3030. The zero-order chi connectivity index (χ0) is 39.8. The van der Waals surface area contributed by atoms with E-state index in [9.17, 15) is 0 Å². The third kappa shape index (κ3) is 5.75. The number of hydrogen-bond acceptors (Lipinski definition) is 2. The molecule has 0 heterocycles. The van der Waals surface area contributed by atoms with Gasteiger partial charge in [-0.2, -0.15) is 0 Å². The van der Waals surface area contributed by atoms with E-state index in [0.717, 1.165) is 11.4 Å². The minimum Gasteiger partial charge on any atom is -0.311 e. The molecule has 0 aromatic heterocycles. The molecule has 0 N–H and O–H groups in total. The fourth-order valence-corrected chi connectivity index (χ4v) is 11.2. The van der Waals surface area contributed by atoms with Gasteiger partial charge >= 0.3 is 0 Å². The highest BCUT2D eigenvalue weighted by atomic mass is 28.3. The molecule has 9 aromatic rings. The van der Waals surface area contributed by atoms with Crippen LogP contribution in [-0.4, -0.2) is 8.07 Å². The molecule has 0 amide bonds. The minimum absolute atomic E-state index is 0.225. The standard InChI is InChI=1S/C55H48N2Si/c1-37-19-13-16-26-50(37)56(40-20-9-7-10-21-40)43-31-32-46-47(36-43)44-24-14-15-25-45(44)53-48-34-38-29-30-42(33-39(38)35-49(48)55(2,3)54(46)53)57(41-22-11-8-12-23-41)51-27-17-18-28-52(51)58(4,5)6/h7-36H,1-6H3. The molecule has 0 saturated carbocycles. The van der Waals surface area contributed by atoms with E-state index in [0.29, 0.717) is 0 Å². The number of rotatable bonds is 7. The highest BCUT2D eigenvalue weighted by molar-refractivity contribution is 6.89. The topological polar surface area (TPSA) is 6.48 Å². The van der Waals surface area contributed by atoms with Gasteiger partial charge in [0.1, 0.15) is 0 Å². The van der Waals surface area contributed by atoms with Gasteiger partial charge in [-0.05, 0) is 145 Å². The van der Waals surface area contributed by atoms with Crippen LogP contribution in [0.4, 0.5) is 34.1 Å². The van der Waals surface area contributed by atoms with Crippen LogP contribution in [0.15, 0.2) is 182 Å². The van der Waals surface area contributed by atoms with Crippen LogP contribution in [0.2, 0.25) is 19.6 Å². The fourth-order valence-electron chi connectivity index (χ4n) is 9.65. The lowest BCUT2D eigenvalue weighted by atomic mass is 9.79. The smallest absolute Gasteiger partial charge is 0.0803 e. The first-order valence-corrected chi connectivity index (χ1v) is 24.0. The molecular formula is C55H48N2Si. The van der Waals surface area contributed by atoms with Crippen LogP contribution in [0, 0.1) is 6.92 Å². The lowest BCUT2D eigenvalue weighted by Gasteiger charge is -2.31. The first kappa shape index (κ1) is 36.0. The number of anilines is 6. The summed E-state index contributed by atoms with van der Waals surface area (Å²) in [6, 6.07) is 67.5. The molecule has 1 aliphatic carbocycles. The van der Waals surface area contributed by atoms with Crippen molar-refractivity contribution in [1.82, 2.24) is 0 Å². The molecule has 3 heteroatoms. The summed E-state index contributed by atoms with van der Waals surface area (Å²) >= 11 is 0. The zero-order valence-electron chi connectivity index (χ0n) is 34.2. The van der Waals surface area contributed by atoms with E-state index in [-0.39, 0.29) is 5.41 Å². The lowest BCUT2D eigenvalue weighted by Crippen LogP contribution is -2.40. The van der Waals surface area contributed by atoms with E-state index in [1.54, 1.807) is 0 Å². The van der Waals surface area contributed by atoms with Gasteiger partial charge in [0.15, 0.2) is 0 Å². The molecule has 0 spiro atoms. The lowest BCUT2D eigenvalue weighted by molar-refractivity contribution is 0.667. The molecule has 1 aliphatic rings. The van der Waals surface area contributed by atoms with Crippen molar-refractivity contribution in [3.05, 3.63) is 199 Å². The molecule has 0 bridgehead atoms. The molecule has 0 unspecified atom stereocenters. The Morgan fingerprint density at radius 1 is 0.431 bits per heavy atom. The molecule has 0 aliphatic heterocycles. The van der Waals surface area contributed by atoms with Crippen LogP contribution in [0.25, 0.3) is 43.4 Å². The number of para-hydroxylation sites is 4. The largest absolute Gasteiger partial charge is 0.311 e. The van der Waals surface area contributed by atoms with Gasteiger partial charge in [0.2, 0.25) is 0 Å². The SMILES string of the molecule is Cc1ccccc1N(c1ccccc1)c1ccc2c3c(c4ccccc4c2c1)-c1cc2ccc(N(c4ccccc4)c4ccccc4[Si](C)(C)C)cc2cc1C3(C)C. The van der Waals surface area contributed by atoms with E-state index < -0.39 is 8.07 Å². The van der Waals surface area contributed by atoms with Crippen molar-refractivity contribution in [2.45, 2.75) is 45.8 Å². The fraction of sp³-hybridized carbons (Fsp3) is 0.127.